The van der Waals surface area contributed by atoms with Crippen molar-refractivity contribution in [2.45, 2.75) is 38.5 Å². The normalized spacial score (nSPS) is 18.2. The predicted molar refractivity (Wildman–Crippen MR) is 90.9 cm³/mol. The van der Waals surface area contributed by atoms with Crippen LogP contribution in [0.2, 0.25) is 0 Å². The Morgan fingerprint density at radius 1 is 0.750 bits per heavy atom. The van der Waals surface area contributed by atoms with Gasteiger partial charge in [-0.25, -0.2) is 14.6 Å². The van der Waals surface area contributed by atoms with Gasteiger partial charge >= 0.3 is 12.1 Å². The minimum Gasteiger partial charge on any atom is -0.325 e. The first-order valence-electron chi connectivity index (χ1n) is 8.66. The van der Waals surface area contributed by atoms with Crippen LogP contribution < -0.4 is 10.6 Å². The number of nitrogens with zero attached hydrogens (tertiary/aromatic N) is 4. The van der Waals surface area contributed by atoms with Crippen molar-refractivity contribution in [2.75, 3.05) is 36.8 Å². The molecule has 0 aliphatic carbocycles. The third kappa shape index (κ3) is 4.33. The molecule has 8 nitrogen and oxygen atoms in total. The molecule has 0 aromatic carbocycles. The van der Waals surface area contributed by atoms with E-state index in [1.807, 2.05) is 0 Å². The van der Waals surface area contributed by atoms with E-state index in [0.29, 0.717) is 11.6 Å². The molecule has 3 rings (SSSR count). The SMILES string of the molecule is O=C(Nc1cncc(NC(=O)N2CCCCC2)n1)N1CCCCC1. The largest absolute Gasteiger partial charge is 0.325 e. The van der Waals surface area contributed by atoms with E-state index in [1.165, 1.54) is 25.2 Å². The minimum atomic E-state index is -0.163. The number of likely N-dealkylation sites (tertiary alicyclic amines) is 2. The minimum absolute atomic E-state index is 0.163. The molecular formula is C16H24N6O2. The zero-order valence-electron chi connectivity index (χ0n) is 13.8. The number of anilines is 2. The first kappa shape index (κ1) is 16.5. The summed E-state index contributed by atoms with van der Waals surface area (Å²) in [4.78, 5) is 36.3. The first-order valence-corrected chi connectivity index (χ1v) is 8.66. The molecule has 0 bridgehead atoms. The molecule has 0 spiro atoms. The fourth-order valence-corrected chi connectivity index (χ4v) is 3.06. The van der Waals surface area contributed by atoms with Crippen molar-refractivity contribution >= 4 is 23.7 Å². The van der Waals surface area contributed by atoms with Crippen LogP contribution in [0.4, 0.5) is 21.2 Å². The fourth-order valence-electron chi connectivity index (χ4n) is 3.06. The maximum Gasteiger partial charge on any atom is 0.323 e. The maximum atomic E-state index is 12.2. The second-order valence-electron chi connectivity index (χ2n) is 6.25. The van der Waals surface area contributed by atoms with Gasteiger partial charge in [0.25, 0.3) is 0 Å². The summed E-state index contributed by atoms with van der Waals surface area (Å²) < 4.78 is 0. The Labute approximate surface area is 141 Å². The van der Waals surface area contributed by atoms with Gasteiger partial charge in [-0.3, -0.25) is 15.6 Å². The lowest BCUT2D eigenvalue weighted by Crippen LogP contribution is -2.39. The van der Waals surface area contributed by atoms with Gasteiger partial charge in [0.15, 0.2) is 11.6 Å². The lowest BCUT2D eigenvalue weighted by atomic mass is 10.1. The summed E-state index contributed by atoms with van der Waals surface area (Å²) in [5.41, 5.74) is 0. The van der Waals surface area contributed by atoms with E-state index in [2.05, 4.69) is 20.6 Å². The molecule has 2 aliphatic rings. The third-order valence-electron chi connectivity index (χ3n) is 4.39. The predicted octanol–water partition coefficient (Wildman–Crippen LogP) is 2.51. The van der Waals surface area contributed by atoms with Gasteiger partial charge in [-0.2, -0.15) is 0 Å². The number of rotatable bonds is 2. The lowest BCUT2D eigenvalue weighted by Gasteiger charge is -2.27. The van der Waals surface area contributed by atoms with E-state index in [0.717, 1.165) is 51.9 Å². The highest BCUT2D eigenvalue weighted by Crippen LogP contribution is 2.14. The molecule has 0 atom stereocenters. The van der Waals surface area contributed by atoms with Crippen LogP contribution in [0.1, 0.15) is 38.5 Å². The van der Waals surface area contributed by atoms with Gasteiger partial charge < -0.3 is 9.80 Å². The molecule has 0 radical (unpaired) electrons. The zero-order valence-corrected chi connectivity index (χ0v) is 13.8. The Morgan fingerprint density at radius 3 is 1.58 bits per heavy atom. The number of carbonyl (C=O) groups is 2. The third-order valence-corrected chi connectivity index (χ3v) is 4.39. The molecule has 2 fully saturated rings. The van der Waals surface area contributed by atoms with Crippen molar-refractivity contribution in [1.82, 2.24) is 19.8 Å². The Kier molecular flexibility index (Phi) is 5.45. The van der Waals surface area contributed by atoms with Crippen molar-refractivity contribution in [3.8, 4) is 0 Å². The van der Waals surface area contributed by atoms with E-state index in [1.54, 1.807) is 9.80 Å². The molecule has 24 heavy (non-hydrogen) atoms. The maximum absolute atomic E-state index is 12.2. The van der Waals surface area contributed by atoms with Crippen molar-refractivity contribution in [1.29, 1.82) is 0 Å². The van der Waals surface area contributed by atoms with Crippen LogP contribution in [-0.2, 0) is 0 Å². The summed E-state index contributed by atoms with van der Waals surface area (Å²) in [6.45, 7) is 3.07. The van der Waals surface area contributed by atoms with Gasteiger partial charge in [-0.1, -0.05) is 0 Å². The van der Waals surface area contributed by atoms with E-state index in [4.69, 9.17) is 0 Å². The van der Waals surface area contributed by atoms with Gasteiger partial charge in [0, 0.05) is 26.2 Å². The molecule has 8 heteroatoms. The number of hydrogen-bond donors (Lipinski definition) is 2. The Bertz CT molecular complexity index is 534. The van der Waals surface area contributed by atoms with E-state index < -0.39 is 0 Å². The zero-order chi connectivity index (χ0) is 16.8. The molecule has 3 heterocycles. The number of aromatic nitrogens is 2. The monoisotopic (exact) mass is 332 g/mol. The number of urea groups is 2. The summed E-state index contributed by atoms with van der Waals surface area (Å²) in [6.07, 6.45) is 9.44. The van der Waals surface area contributed by atoms with Gasteiger partial charge in [-0.05, 0) is 38.5 Å². The van der Waals surface area contributed by atoms with Crippen LogP contribution in [0.5, 0.6) is 0 Å². The van der Waals surface area contributed by atoms with Gasteiger partial charge in [0.05, 0.1) is 12.4 Å². The summed E-state index contributed by atoms with van der Waals surface area (Å²) >= 11 is 0. The van der Waals surface area contributed by atoms with Crippen molar-refractivity contribution in [3.05, 3.63) is 12.4 Å². The summed E-state index contributed by atoms with van der Waals surface area (Å²) in [6, 6.07) is -0.327. The summed E-state index contributed by atoms with van der Waals surface area (Å²) in [5, 5.41) is 5.51. The molecule has 0 saturated carbocycles. The average Bonchev–Trinajstić information content (AvgIpc) is 2.63. The van der Waals surface area contributed by atoms with Crippen LogP contribution in [-0.4, -0.2) is 58.0 Å². The van der Waals surface area contributed by atoms with Crippen LogP contribution in [0.3, 0.4) is 0 Å². The molecule has 2 aliphatic heterocycles. The van der Waals surface area contributed by atoms with Crippen molar-refractivity contribution < 1.29 is 9.59 Å². The highest BCUT2D eigenvalue weighted by Gasteiger charge is 2.19. The second kappa shape index (κ2) is 7.94. The van der Waals surface area contributed by atoms with Crippen LogP contribution in [0.25, 0.3) is 0 Å². The molecule has 1 aromatic heterocycles. The first-order chi connectivity index (χ1) is 11.7. The van der Waals surface area contributed by atoms with Gasteiger partial charge in [0.2, 0.25) is 0 Å². The van der Waals surface area contributed by atoms with E-state index >= 15 is 0 Å². The molecule has 2 saturated heterocycles. The number of carbonyl (C=O) groups excluding carboxylic acids is 2. The average molecular weight is 332 g/mol. The van der Waals surface area contributed by atoms with Crippen LogP contribution in [0.15, 0.2) is 12.4 Å². The smallest absolute Gasteiger partial charge is 0.323 e. The molecule has 1 aromatic rings. The number of piperidine rings is 2. The van der Waals surface area contributed by atoms with E-state index in [-0.39, 0.29) is 12.1 Å². The van der Waals surface area contributed by atoms with Gasteiger partial charge in [-0.15, -0.1) is 0 Å². The number of amides is 4. The second-order valence-corrected chi connectivity index (χ2v) is 6.25. The Balaban J connectivity index is 1.57. The molecule has 4 amide bonds. The molecular weight excluding hydrogens is 308 g/mol. The molecule has 0 unspecified atom stereocenters. The lowest BCUT2D eigenvalue weighted by molar-refractivity contribution is 0.199. The quantitative estimate of drug-likeness (QED) is 0.870. The summed E-state index contributed by atoms with van der Waals surface area (Å²) in [5.74, 6) is 0.698. The number of nitrogens with one attached hydrogen (secondary N) is 2. The van der Waals surface area contributed by atoms with Crippen LogP contribution in [0, 0.1) is 0 Å². The highest BCUT2D eigenvalue weighted by atomic mass is 16.2. The fraction of sp³-hybridized carbons (Fsp3) is 0.625. The topological polar surface area (TPSA) is 90.5 Å². The highest BCUT2D eigenvalue weighted by molar-refractivity contribution is 5.90. The standard InChI is InChI=1S/C16H24N6O2/c23-15(21-7-3-1-4-8-21)19-13-11-17-12-14(18-13)20-16(24)22-9-5-2-6-10-22/h11-12H,1-10H2,(H2,18,19,20,23,24). The Hall–Kier alpha value is -2.38. The summed E-state index contributed by atoms with van der Waals surface area (Å²) in [7, 11) is 0. The number of hydrogen-bond acceptors (Lipinski definition) is 4. The molecule has 2 N–H and O–H groups in total. The van der Waals surface area contributed by atoms with Crippen LogP contribution >= 0.6 is 0 Å². The van der Waals surface area contributed by atoms with Crippen molar-refractivity contribution in [3.63, 3.8) is 0 Å². The molecule has 130 valence electrons. The van der Waals surface area contributed by atoms with E-state index in [9.17, 15) is 9.59 Å². The Morgan fingerprint density at radius 2 is 1.17 bits per heavy atom. The van der Waals surface area contributed by atoms with Crippen molar-refractivity contribution in [2.24, 2.45) is 0 Å². The van der Waals surface area contributed by atoms with Gasteiger partial charge in [0.1, 0.15) is 0 Å².